The Kier molecular flexibility index (Phi) is 6.98. The van der Waals surface area contributed by atoms with Gasteiger partial charge in [-0.1, -0.05) is 11.2 Å². The van der Waals surface area contributed by atoms with E-state index in [-0.39, 0.29) is 0 Å². The molecular weight excluding hydrogens is 414 g/mol. The van der Waals surface area contributed by atoms with E-state index >= 15 is 0 Å². The van der Waals surface area contributed by atoms with E-state index in [0.29, 0.717) is 17.6 Å². The van der Waals surface area contributed by atoms with Crippen molar-refractivity contribution < 1.29 is 9.26 Å². The molecule has 2 saturated heterocycles. The summed E-state index contributed by atoms with van der Waals surface area (Å²) < 4.78 is 11.7. The maximum atomic E-state index is 6.17. The predicted molar refractivity (Wildman–Crippen MR) is 128 cm³/mol. The Morgan fingerprint density at radius 2 is 1.88 bits per heavy atom. The first-order valence-electron chi connectivity index (χ1n) is 12.2. The van der Waals surface area contributed by atoms with Crippen molar-refractivity contribution in [2.24, 2.45) is 11.8 Å². The molecule has 7 nitrogen and oxygen atoms in total. The van der Waals surface area contributed by atoms with Crippen LogP contribution in [0.1, 0.15) is 31.4 Å². The molecule has 0 atom stereocenters. The first kappa shape index (κ1) is 22.0. The number of pyridine rings is 1. The number of nitrogens with zero attached hydrogens (tertiary/aromatic N) is 4. The van der Waals surface area contributed by atoms with Crippen LogP contribution in [-0.4, -0.2) is 59.4 Å². The monoisotopic (exact) mass is 447 g/mol. The second-order valence-electron chi connectivity index (χ2n) is 9.39. The van der Waals surface area contributed by atoms with Gasteiger partial charge in [-0.05, 0) is 101 Å². The molecule has 1 aromatic carbocycles. The van der Waals surface area contributed by atoms with Crippen LogP contribution < -0.4 is 10.1 Å². The molecule has 4 heterocycles. The number of hydrogen-bond donors (Lipinski definition) is 1. The molecule has 3 aromatic rings. The van der Waals surface area contributed by atoms with E-state index in [1.54, 1.807) is 6.20 Å². The minimum absolute atomic E-state index is 0.488. The summed E-state index contributed by atoms with van der Waals surface area (Å²) in [5, 5.41) is 7.58. The molecule has 2 aliphatic rings. The molecule has 0 amide bonds. The van der Waals surface area contributed by atoms with Gasteiger partial charge in [-0.2, -0.15) is 4.98 Å². The summed E-state index contributed by atoms with van der Waals surface area (Å²) in [5.41, 5.74) is 2.66. The summed E-state index contributed by atoms with van der Waals surface area (Å²) in [5.74, 6) is 3.36. The minimum atomic E-state index is 0.488. The molecular formula is C26H33N5O2. The van der Waals surface area contributed by atoms with E-state index in [1.807, 2.05) is 43.3 Å². The van der Waals surface area contributed by atoms with Gasteiger partial charge in [0.2, 0.25) is 5.82 Å². The maximum absolute atomic E-state index is 6.17. The van der Waals surface area contributed by atoms with Gasteiger partial charge in [0.05, 0.1) is 6.61 Å². The highest BCUT2D eigenvalue weighted by atomic mass is 16.5. The van der Waals surface area contributed by atoms with Gasteiger partial charge in [-0.3, -0.25) is 4.98 Å². The van der Waals surface area contributed by atoms with Gasteiger partial charge in [-0.15, -0.1) is 0 Å². The van der Waals surface area contributed by atoms with E-state index in [9.17, 15) is 0 Å². The van der Waals surface area contributed by atoms with Gasteiger partial charge >= 0.3 is 0 Å². The Balaban J connectivity index is 1.13. The van der Waals surface area contributed by atoms with Crippen LogP contribution in [0.5, 0.6) is 5.75 Å². The summed E-state index contributed by atoms with van der Waals surface area (Å²) in [4.78, 5) is 11.5. The summed E-state index contributed by atoms with van der Waals surface area (Å²) >= 11 is 0. The molecule has 33 heavy (non-hydrogen) atoms. The molecule has 0 saturated carbocycles. The van der Waals surface area contributed by atoms with E-state index < -0.39 is 0 Å². The van der Waals surface area contributed by atoms with E-state index in [1.165, 1.54) is 58.4 Å². The van der Waals surface area contributed by atoms with Crippen LogP contribution in [0.2, 0.25) is 0 Å². The fourth-order valence-electron chi connectivity index (χ4n) is 4.76. The number of ether oxygens (including phenoxy) is 1. The van der Waals surface area contributed by atoms with Crippen molar-refractivity contribution in [2.75, 3.05) is 39.3 Å². The van der Waals surface area contributed by atoms with Gasteiger partial charge in [0.1, 0.15) is 5.75 Å². The molecule has 0 aliphatic carbocycles. The molecule has 2 aromatic heterocycles. The second kappa shape index (κ2) is 10.4. The highest BCUT2D eigenvalue weighted by molar-refractivity contribution is 5.60. The average molecular weight is 448 g/mol. The number of aryl methyl sites for hydroxylation is 1. The Morgan fingerprint density at radius 3 is 2.67 bits per heavy atom. The van der Waals surface area contributed by atoms with E-state index in [2.05, 4.69) is 25.3 Å². The zero-order chi connectivity index (χ0) is 22.5. The first-order chi connectivity index (χ1) is 16.2. The SMILES string of the molecule is Cc1ccc(-c2noc(-c3cccc(OCC4CCN(CC5CCNCC5)CC4)c3)n2)cn1. The van der Waals surface area contributed by atoms with Crippen LogP contribution in [0, 0.1) is 18.8 Å². The number of benzene rings is 1. The van der Waals surface area contributed by atoms with Crippen molar-refractivity contribution in [3.8, 4) is 28.6 Å². The van der Waals surface area contributed by atoms with Crippen LogP contribution in [-0.2, 0) is 0 Å². The molecule has 0 radical (unpaired) electrons. The van der Waals surface area contributed by atoms with Crippen LogP contribution in [0.25, 0.3) is 22.8 Å². The molecule has 0 spiro atoms. The van der Waals surface area contributed by atoms with E-state index in [0.717, 1.165) is 35.1 Å². The molecule has 5 rings (SSSR count). The lowest BCUT2D eigenvalue weighted by Crippen LogP contribution is -2.41. The fourth-order valence-corrected chi connectivity index (χ4v) is 4.76. The number of aromatic nitrogens is 3. The Bertz CT molecular complexity index is 1020. The van der Waals surface area contributed by atoms with E-state index in [4.69, 9.17) is 9.26 Å². The third-order valence-electron chi connectivity index (χ3n) is 6.84. The lowest BCUT2D eigenvalue weighted by atomic mass is 9.94. The topological polar surface area (TPSA) is 76.3 Å². The quantitative estimate of drug-likeness (QED) is 0.582. The van der Waals surface area contributed by atoms with Crippen molar-refractivity contribution in [3.63, 3.8) is 0 Å². The molecule has 0 bridgehead atoms. The van der Waals surface area contributed by atoms with Crippen LogP contribution >= 0.6 is 0 Å². The molecule has 174 valence electrons. The smallest absolute Gasteiger partial charge is 0.258 e. The van der Waals surface area contributed by atoms with Crippen molar-refractivity contribution in [1.82, 2.24) is 25.3 Å². The van der Waals surface area contributed by atoms with Crippen LogP contribution in [0.4, 0.5) is 0 Å². The summed E-state index contributed by atoms with van der Waals surface area (Å²) in [7, 11) is 0. The Hall–Kier alpha value is -2.77. The lowest BCUT2D eigenvalue weighted by molar-refractivity contribution is 0.121. The van der Waals surface area contributed by atoms with Gasteiger partial charge in [-0.25, -0.2) is 0 Å². The van der Waals surface area contributed by atoms with Crippen LogP contribution in [0.3, 0.4) is 0 Å². The Labute approximate surface area is 195 Å². The van der Waals surface area contributed by atoms with Crippen molar-refractivity contribution >= 4 is 0 Å². The lowest BCUT2D eigenvalue weighted by Gasteiger charge is -2.35. The highest BCUT2D eigenvalue weighted by Crippen LogP contribution is 2.27. The van der Waals surface area contributed by atoms with Gasteiger partial charge in [0, 0.05) is 29.6 Å². The minimum Gasteiger partial charge on any atom is -0.493 e. The molecule has 2 fully saturated rings. The summed E-state index contributed by atoms with van der Waals surface area (Å²) in [6, 6.07) is 11.8. The standard InChI is InChI=1S/C26H33N5O2/c1-19-5-6-23(16-28-19)25-29-26(33-30-25)22-3-2-4-24(15-22)32-18-21-9-13-31(14-10-21)17-20-7-11-27-12-8-20/h2-6,15-16,20-21,27H,7-14,17-18H2,1H3. The normalized spacial score (nSPS) is 18.5. The fraction of sp³-hybridized carbons (Fsp3) is 0.500. The van der Waals surface area contributed by atoms with Crippen molar-refractivity contribution in [2.45, 2.75) is 32.6 Å². The van der Waals surface area contributed by atoms with Crippen molar-refractivity contribution in [3.05, 3.63) is 48.3 Å². The zero-order valence-electron chi connectivity index (χ0n) is 19.4. The number of piperidine rings is 2. The molecule has 2 aliphatic heterocycles. The largest absolute Gasteiger partial charge is 0.493 e. The van der Waals surface area contributed by atoms with Crippen LogP contribution in [0.15, 0.2) is 47.1 Å². The van der Waals surface area contributed by atoms with Gasteiger partial charge in [0.25, 0.3) is 5.89 Å². The Morgan fingerprint density at radius 1 is 1.03 bits per heavy atom. The third kappa shape index (κ3) is 5.78. The molecule has 7 heteroatoms. The van der Waals surface area contributed by atoms with Crippen molar-refractivity contribution in [1.29, 1.82) is 0 Å². The highest BCUT2D eigenvalue weighted by Gasteiger charge is 2.23. The zero-order valence-corrected chi connectivity index (χ0v) is 19.4. The predicted octanol–water partition coefficient (Wildman–Crippen LogP) is 4.20. The molecule has 1 N–H and O–H groups in total. The second-order valence-corrected chi connectivity index (χ2v) is 9.39. The number of nitrogens with one attached hydrogen (secondary N) is 1. The number of likely N-dealkylation sites (tertiary alicyclic amines) is 1. The first-order valence-corrected chi connectivity index (χ1v) is 12.2. The summed E-state index contributed by atoms with van der Waals surface area (Å²) in [6.07, 6.45) is 6.83. The maximum Gasteiger partial charge on any atom is 0.258 e. The average Bonchev–Trinajstić information content (AvgIpc) is 3.35. The van der Waals surface area contributed by atoms with Gasteiger partial charge < -0.3 is 19.5 Å². The number of hydrogen-bond acceptors (Lipinski definition) is 7. The summed E-state index contributed by atoms with van der Waals surface area (Å²) in [6.45, 7) is 8.73. The number of rotatable bonds is 7. The van der Waals surface area contributed by atoms with Gasteiger partial charge in [0.15, 0.2) is 0 Å². The third-order valence-corrected chi connectivity index (χ3v) is 6.84. The molecule has 0 unspecified atom stereocenters.